The molecule has 0 spiro atoms. The highest BCUT2D eigenvalue weighted by Crippen LogP contribution is 2.44. The number of rotatable bonds is 8. The standard InChI is InChI=1S/C21H20N6O2S2.C18H15N5O3S2/c1-29-15-8-14-17(31-26-25-14)9-13(15)24-19-18-12-4-3-11(21(28)27-5-2-6-27)7-16(12)30-20(18)23-10-22-19;1-26-12-5-11-14(28-23-22-11)6-10(12)21-16-15-9-3-2-8(18(24)25)4-13(9)27-17(15)20-7-19-16/h8-11H,2-7H2,1H3,(H,22,23,24);5-8H,2-4H2,1H3,(H,24,25)(H,19,20,21)/t11-;8-/m00/s1. The van der Waals surface area contributed by atoms with E-state index >= 15 is 0 Å². The van der Waals surface area contributed by atoms with Crippen molar-refractivity contribution in [1.29, 1.82) is 0 Å². The molecule has 7 heterocycles. The molecule has 0 radical (unpaired) electrons. The van der Waals surface area contributed by atoms with Crippen molar-refractivity contribution in [1.82, 2.24) is 44.0 Å². The average Bonchev–Trinajstić information content (AvgIpc) is 4.04. The number of aliphatic carboxylic acids is 1. The van der Waals surface area contributed by atoms with Crippen molar-refractivity contribution in [2.75, 3.05) is 37.9 Å². The van der Waals surface area contributed by atoms with Crippen LogP contribution in [0.4, 0.5) is 23.0 Å². The first-order chi connectivity index (χ1) is 28.8. The lowest BCUT2D eigenvalue weighted by molar-refractivity contribution is -0.142. The van der Waals surface area contributed by atoms with Crippen molar-refractivity contribution in [3.05, 3.63) is 57.8 Å². The molecule has 3 N–H and O–H groups in total. The molecule has 0 unspecified atom stereocenters. The Bertz CT molecular complexity index is 2920. The number of carboxylic acid groups (broad SMARTS) is 1. The number of carbonyl (C=O) groups is 2. The van der Waals surface area contributed by atoms with Gasteiger partial charge in [0.1, 0.15) is 56.5 Å². The fourth-order valence-electron chi connectivity index (χ4n) is 8.03. The quantitative estimate of drug-likeness (QED) is 0.136. The summed E-state index contributed by atoms with van der Waals surface area (Å²) in [6.07, 6.45) is 8.69. The average molecular weight is 866 g/mol. The molecular weight excluding hydrogens is 831 g/mol. The summed E-state index contributed by atoms with van der Waals surface area (Å²) in [6.45, 7) is 1.82. The number of methoxy groups -OCH3 is 2. The van der Waals surface area contributed by atoms with E-state index in [1.165, 1.54) is 39.8 Å². The van der Waals surface area contributed by atoms with Crippen LogP contribution in [-0.2, 0) is 35.3 Å². The van der Waals surface area contributed by atoms with Gasteiger partial charge in [0, 0.05) is 40.9 Å². The van der Waals surface area contributed by atoms with Crippen LogP contribution in [0, 0.1) is 11.8 Å². The van der Waals surface area contributed by atoms with Crippen LogP contribution >= 0.6 is 45.7 Å². The van der Waals surface area contributed by atoms with E-state index in [0.29, 0.717) is 42.5 Å². The number of aryl methyl sites for hydroxylation is 2. The highest BCUT2D eigenvalue weighted by Gasteiger charge is 2.34. The van der Waals surface area contributed by atoms with E-state index < -0.39 is 5.97 Å². The second-order valence-electron chi connectivity index (χ2n) is 14.5. The summed E-state index contributed by atoms with van der Waals surface area (Å²) in [4.78, 5) is 48.3. The lowest BCUT2D eigenvalue weighted by Crippen LogP contribution is -2.46. The molecule has 2 aromatic carbocycles. The summed E-state index contributed by atoms with van der Waals surface area (Å²) in [5.74, 6) is 2.16. The summed E-state index contributed by atoms with van der Waals surface area (Å²) in [5, 5.41) is 26.4. The van der Waals surface area contributed by atoms with Gasteiger partial charge in [-0.05, 0) is 91.3 Å². The Kier molecular flexibility index (Phi) is 9.85. The van der Waals surface area contributed by atoms with E-state index in [0.717, 1.165) is 107 Å². The molecule has 0 saturated carbocycles. The number of likely N-dealkylation sites (tertiary alicyclic amines) is 1. The van der Waals surface area contributed by atoms with Crippen LogP contribution in [0.2, 0.25) is 0 Å². The number of anilines is 4. The van der Waals surface area contributed by atoms with Gasteiger partial charge in [-0.15, -0.1) is 32.9 Å². The Morgan fingerprint density at radius 3 is 1.71 bits per heavy atom. The molecule has 2 atom stereocenters. The maximum absolute atomic E-state index is 12.7. The van der Waals surface area contributed by atoms with Gasteiger partial charge >= 0.3 is 5.97 Å². The lowest BCUT2D eigenvalue weighted by atomic mass is 9.86. The Labute approximate surface area is 352 Å². The number of carbonyl (C=O) groups excluding carboxylic acids is 1. The Hall–Kier alpha value is -5.70. The third-order valence-corrected chi connectivity index (χ3v) is 14.9. The number of nitrogens with zero attached hydrogens (tertiary/aromatic N) is 9. The zero-order valence-electron chi connectivity index (χ0n) is 31.7. The molecular formula is C39H35N11O5S4. The van der Waals surface area contributed by atoms with Crippen LogP contribution in [-0.4, -0.2) is 88.3 Å². The van der Waals surface area contributed by atoms with Crippen LogP contribution in [0.25, 0.3) is 40.9 Å². The minimum Gasteiger partial charge on any atom is -0.494 e. The minimum atomic E-state index is -0.733. The maximum atomic E-state index is 12.7. The number of benzene rings is 2. The van der Waals surface area contributed by atoms with E-state index in [9.17, 15) is 14.7 Å². The predicted octanol–water partition coefficient (Wildman–Crippen LogP) is 7.42. The van der Waals surface area contributed by atoms with Crippen molar-refractivity contribution < 1.29 is 24.2 Å². The Morgan fingerprint density at radius 2 is 1.24 bits per heavy atom. The smallest absolute Gasteiger partial charge is 0.306 e. The van der Waals surface area contributed by atoms with Gasteiger partial charge in [-0.1, -0.05) is 8.98 Å². The number of aromatic nitrogens is 8. The van der Waals surface area contributed by atoms with Crippen LogP contribution in [0.1, 0.15) is 40.1 Å². The van der Waals surface area contributed by atoms with Gasteiger partial charge < -0.3 is 30.1 Å². The first kappa shape index (κ1) is 37.6. The van der Waals surface area contributed by atoms with Gasteiger partial charge in [0.25, 0.3) is 0 Å². The molecule has 0 bridgehead atoms. The van der Waals surface area contributed by atoms with Gasteiger partial charge in [0.2, 0.25) is 5.91 Å². The number of fused-ring (bicyclic) bond motifs is 8. The van der Waals surface area contributed by atoms with Gasteiger partial charge in [0.15, 0.2) is 0 Å². The number of hydrogen-bond donors (Lipinski definition) is 3. The first-order valence-electron chi connectivity index (χ1n) is 19.0. The van der Waals surface area contributed by atoms with Gasteiger partial charge in [0.05, 0.1) is 51.7 Å². The summed E-state index contributed by atoms with van der Waals surface area (Å²) in [6, 6.07) is 7.67. The van der Waals surface area contributed by atoms with Gasteiger partial charge in [-0.3, -0.25) is 9.59 Å². The molecule has 59 heavy (non-hydrogen) atoms. The number of nitrogens with one attached hydrogen (secondary N) is 2. The molecule has 1 saturated heterocycles. The lowest BCUT2D eigenvalue weighted by Gasteiger charge is -2.35. The Morgan fingerprint density at radius 1 is 0.729 bits per heavy atom. The van der Waals surface area contributed by atoms with E-state index in [1.807, 2.05) is 29.2 Å². The van der Waals surface area contributed by atoms with E-state index in [1.54, 1.807) is 43.2 Å². The highest BCUT2D eigenvalue weighted by molar-refractivity contribution is 7.19. The molecule has 300 valence electrons. The fourth-order valence-corrected chi connectivity index (χ4v) is 11.7. The molecule has 6 aromatic heterocycles. The summed E-state index contributed by atoms with van der Waals surface area (Å²) >= 11 is 5.91. The first-order valence-corrected chi connectivity index (χ1v) is 22.2. The number of carboxylic acids is 1. The summed E-state index contributed by atoms with van der Waals surface area (Å²) < 4.78 is 21.0. The second-order valence-corrected chi connectivity index (χ2v) is 18.3. The van der Waals surface area contributed by atoms with Crippen molar-refractivity contribution in [2.24, 2.45) is 11.8 Å². The fraction of sp³-hybridized carbons (Fsp3) is 0.333. The normalized spacial score (nSPS) is 17.2. The van der Waals surface area contributed by atoms with E-state index in [2.05, 4.69) is 49.7 Å². The maximum Gasteiger partial charge on any atom is 0.306 e. The second kappa shape index (κ2) is 15.5. The molecule has 1 amide bonds. The van der Waals surface area contributed by atoms with Crippen LogP contribution in [0.5, 0.6) is 11.5 Å². The van der Waals surface area contributed by atoms with Crippen molar-refractivity contribution in [2.45, 2.75) is 44.9 Å². The minimum absolute atomic E-state index is 0.0894. The molecule has 11 rings (SSSR count). The SMILES string of the molecule is COc1cc2nnsc2cc1Nc1ncnc2sc3c(c12)CC[C@H](C(=O)N1CCC1)C3.COc1cc2nnsc2cc1Nc1ncnc2sc3c(c12)CC[C@H](C(=O)O)C3. The third kappa shape index (κ3) is 6.92. The molecule has 16 nitrogen and oxygen atoms in total. The predicted molar refractivity (Wildman–Crippen MR) is 229 cm³/mol. The van der Waals surface area contributed by atoms with E-state index in [4.69, 9.17) is 9.47 Å². The molecule has 8 aromatic rings. The Balaban J connectivity index is 0.000000143. The molecule has 1 fully saturated rings. The number of thiophene rings is 2. The van der Waals surface area contributed by atoms with Crippen molar-refractivity contribution in [3.8, 4) is 11.5 Å². The number of hydrogen-bond acceptors (Lipinski definition) is 18. The number of ether oxygens (including phenoxy) is 2. The zero-order valence-corrected chi connectivity index (χ0v) is 35.0. The largest absolute Gasteiger partial charge is 0.494 e. The summed E-state index contributed by atoms with van der Waals surface area (Å²) in [5.41, 5.74) is 5.62. The molecule has 1 aliphatic heterocycles. The summed E-state index contributed by atoms with van der Waals surface area (Å²) in [7, 11) is 3.25. The van der Waals surface area contributed by atoms with Gasteiger partial charge in [-0.2, -0.15) is 0 Å². The zero-order chi connectivity index (χ0) is 40.2. The van der Waals surface area contributed by atoms with Gasteiger partial charge in [-0.25, -0.2) is 19.9 Å². The molecule has 3 aliphatic rings. The van der Waals surface area contributed by atoms with Crippen molar-refractivity contribution >= 4 is 121 Å². The highest BCUT2D eigenvalue weighted by atomic mass is 32.1. The molecule has 20 heteroatoms. The van der Waals surface area contributed by atoms with Crippen LogP contribution < -0.4 is 20.1 Å². The third-order valence-electron chi connectivity index (χ3n) is 11.2. The van der Waals surface area contributed by atoms with Crippen LogP contribution in [0.15, 0.2) is 36.9 Å². The monoisotopic (exact) mass is 865 g/mol. The van der Waals surface area contributed by atoms with E-state index in [-0.39, 0.29) is 11.8 Å². The topological polar surface area (TPSA) is 203 Å². The molecule has 2 aliphatic carbocycles. The van der Waals surface area contributed by atoms with Crippen LogP contribution in [0.3, 0.4) is 0 Å². The van der Waals surface area contributed by atoms with Crippen molar-refractivity contribution in [3.63, 3.8) is 0 Å². The number of amides is 1.